The van der Waals surface area contributed by atoms with Crippen LogP contribution in [-0.2, 0) is 19.1 Å². The van der Waals surface area contributed by atoms with Crippen LogP contribution in [0.25, 0.3) is 0 Å². The molecule has 0 aliphatic heterocycles. The summed E-state index contributed by atoms with van der Waals surface area (Å²) in [6, 6.07) is 5.81. The number of esters is 2. The van der Waals surface area contributed by atoms with Gasteiger partial charge >= 0.3 is 11.9 Å². The van der Waals surface area contributed by atoms with Crippen LogP contribution in [0.5, 0.6) is 0 Å². The Labute approximate surface area is 153 Å². The number of benzene rings is 1. The van der Waals surface area contributed by atoms with Gasteiger partial charge in [-0.15, -0.1) is 0 Å². The van der Waals surface area contributed by atoms with E-state index in [0.29, 0.717) is 11.1 Å². The van der Waals surface area contributed by atoms with Crippen molar-refractivity contribution in [1.82, 2.24) is 0 Å². The number of rotatable bonds is 6. The molecule has 6 nitrogen and oxygen atoms in total. The summed E-state index contributed by atoms with van der Waals surface area (Å²) in [5.74, 6) is -2.00. The molecule has 0 saturated heterocycles. The molecular weight excluding hydrogens is 336 g/mol. The minimum atomic E-state index is -0.657. The number of hydrogen-bond donors (Lipinski definition) is 0. The van der Waals surface area contributed by atoms with Crippen molar-refractivity contribution in [2.75, 3.05) is 0 Å². The zero-order valence-electron chi connectivity index (χ0n) is 16.2. The fourth-order valence-corrected chi connectivity index (χ4v) is 2.06. The average molecular weight is 362 g/mol. The molecule has 0 spiro atoms. The molecule has 0 radical (unpaired) electrons. The Bertz CT molecular complexity index is 625. The quantitative estimate of drug-likeness (QED) is 0.437. The first-order chi connectivity index (χ1) is 11.8. The van der Waals surface area contributed by atoms with E-state index in [2.05, 4.69) is 0 Å². The summed E-state index contributed by atoms with van der Waals surface area (Å²) in [4.78, 5) is 47.6. The molecule has 0 heterocycles. The van der Waals surface area contributed by atoms with Gasteiger partial charge in [0, 0.05) is 11.1 Å². The van der Waals surface area contributed by atoms with E-state index in [9.17, 15) is 19.2 Å². The van der Waals surface area contributed by atoms with E-state index in [1.54, 1.807) is 41.5 Å². The fourth-order valence-electron chi connectivity index (χ4n) is 2.06. The zero-order valence-corrected chi connectivity index (χ0v) is 16.2. The van der Waals surface area contributed by atoms with Crippen molar-refractivity contribution >= 4 is 23.5 Å². The first kappa shape index (κ1) is 21.5. The second-order valence-electron chi connectivity index (χ2n) is 7.95. The molecule has 0 amide bonds. The van der Waals surface area contributed by atoms with E-state index in [1.807, 2.05) is 0 Å². The third kappa shape index (κ3) is 8.05. The highest BCUT2D eigenvalue weighted by Gasteiger charge is 2.21. The number of hydrogen-bond acceptors (Lipinski definition) is 6. The second-order valence-corrected chi connectivity index (χ2v) is 7.95. The third-order valence-corrected chi connectivity index (χ3v) is 2.98. The Morgan fingerprint density at radius 3 is 1.15 bits per heavy atom. The molecule has 6 heteroatoms. The van der Waals surface area contributed by atoms with Crippen LogP contribution >= 0.6 is 0 Å². The van der Waals surface area contributed by atoms with Crippen molar-refractivity contribution in [2.24, 2.45) is 0 Å². The normalized spacial score (nSPS) is 11.6. The van der Waals surface area contributed by atoms with Gasteiger partial charge in [0.2, 0.25) is 0 Å². The lowest BCUT2D eigenvalue weighted by molar-refractivity contribution is -0.154. The largest absolute Gasteiger partial charge is 0.460 e. The van der Waals surface area contributed by atoms with Crippen molar-refractivity contribution in [3.8, 4) is 0 Å². The highest BCUT2D eigenvalue weighted by molar-refractivity contribution is 6.08. The molecule has 1 aromatic rings. The van der Waals surface area contributed by atoms with E-state index < -0.39 is 34.7 Å². The van der Waals surface area contributed by atoms with Gasteiger partial charge in [0.05, 0.1) is 0 Å². The van der Waals surface area contributed by atoms with Crippen LogP contribution in [0.15, 0.2) is 24.3 Å². The Kier molecular flexibility index (Phi) is 6.84. The summed E-state index contributed by atoms with van der Waals surface area (Å²) in [5.41, 5.74) is -0.723. The lowest BCUT2D eigenvalue weighted by Gasteiger charge is -2.19. The summed E-state index contributed by atoms with van der Waals surface area (Å²) in [5, 5.41) is 0. The molecular formula is C20H26O6. The van der Waals surface area contributed by atoms with Crippen molar-refractivity contribution in [3.05, 3.63) is 35.4 Å². The summed E-state index contributed by atoms with van der Waals surface area (Å²) >= 11 is 0. The van der Waals surface area contributed by atoms with E-state index in [0.717, 1.165) is 0 Å². The molecule has 0 aliphatic rings. The lowest BCUT2D eigenvalue weighted by atomic mass is 10.0. The van der Waals surface area contributed by atoms with Crippen LogP contribution in [0.3, 0.4) is 0 Å². The van der Waals surface area contributed by atoms with E-state index in [4.69, 9.17) is 9.47 Å². The van der Waals surface area contributed by atoms with Crippen molar-refractivity contribution in [3.63, 3.8) is 0 Å². The molecule has 0 bridgehead atoms. The summed E-state index contributed by atoms with van der Waals surface area (Å²) < 4.78 is 10.2. The fraction of sp³-hybridized carbons (Fsp3) is 0.500. The van der Waals surface area contributed by atoms with Gasteiger partial charge in [-0.2, -0.15) is 0 Å². The third-order valence-electron chi connectivity index (χ3n) is 2.98. The molecule has 0 saturated carbocycles. The van der Waals surface area contributed by atoms with Crippen LogP contribution in [0.4, 0.5) is 0 Å². The van der Waals surface area contributed by atoms with E-state index in [1.165, 1.54) is 24.3 Å². The Balaban J connectivity index is 2.67. The van der Waals surface area contributed by atoms with E-state index in [-0.39, 0.29) is 12.8 Å². The average Bonchev–Trinajstić information content (AvgIpc) is 2.43. The van der Waals surface area contributed by atoms with Crippen LogP contribution in [-0.4, -0.2) is 34.7 Å². The molecule has 0 N–H and O–H groups in total. The first-order valence-corrected chi connectivity index (χ1v) is 8.37. The Hall–Kier alpha value is -2.50. The standard InChI is InChI=1S/C20H26O6/c1-19(2,3)25-17(23)11-15(21)13-7-9-14(10-8-13)16(22)12-18(24)26-20(4,5)6/h7-10H,11-12H2,1-6H3. The van der Waals surface area contributed by atoms with Gasteiger partial charge in [-0.25, -0.2) is 0 Å². The maximum Gasteiger partial charge on any atom is 0.314 e. The highest BCUT2D eigenvalue weighted by atomic mass is 16.6. The van der Waals surface area contributed by atoms with Crippen LogP contribution in [0.1, 0.15) is 75.1 Å². The lowest BCUT2D eigenvalue weighted by Crippen LogP contribution is -2.25. The van der Waals surface area contributed by atoms with Crippen LogP contribution in [0, 0.1) is 0 Å². The van der Waals surface area contributed by atoms with Gasteiger partial charge in [0.15, 0.2) is 11.6 Å². The number of carbonyl (C=O) groups excluding carboxylic acids is 4. The Morgan fingerprint density at radius 2 is 0.923 bits per heavy atom. The van der Waals surface area contributed by atoms with Gasteiger partial charge < -0.3 is 9.47 Å². The summed E-state index contributed by atoms with van der Waals surface area (Å²) in [7, 11) is 0. The minimum absolute atomic E-state index is 0.296. The topological polar surface area (TPSA) is 86.7 Å². The SMILES string of the molecule is CC(C)(C)OC(=O)CC(=O)c1ccc(C(=O)CC(=O)OC(C)(C)C)cc1. The molecule has 0 fully saturated rings. The van der Waals surface area contributed by atoms with Gasteiger partial charge in [0.1, 0.15) is 24.0 Å². The van der Waals surface area contributed by atoms with Crippen molar-refractivity contribution in [1.29, 1.82) is 0 Å². The predicted octanol–water partition coefficient (Wildman–Crippen LogP) is 3.52. The molecule has 1 rings (SSSR count). The van der Waals surface area contributed by atoms with Crippen molar-refractivity contribution < 1.29 is 28.7 Å². The maximum atomic E-state index is 12.1. The molecule has 1 aromatic carbocycles. The van der Waals surface area contributed by atoms with Gasteiger partial charge in [-0.1, -0.05) is 24.3 Å². The predicted molar refractivity (Wildman–Crippen MR) is 96.0 cm³/mol. The minimum Gasteiger partial charge on any atom is -0.460 e. The molecule has 142 valence electrons. The Morgan fingerprint density at radius 1 is 0.654 bits per heavy atom. The van der Waals surface area contributed by atoms with Gasteiger partial charge in [-0.05, 0) is 41.5 Å². The number of carbonyl (C=O) groups is 4. The molecule has 0 atom stereocenters. The molecule has 26 heavy (non-hydrogen) atoms. The molecule has 0 aromatic heterocycles. The van der Waals surface area contributed by atoms with Gasteiger partial charge in [-0.3, -0.25) is 19.2 Å². The van der Waals surface area contributed by atoms with Gasteiger partial charge in [0.25, 0.3) is 0 Å². The van der Waals surface area contributed by atoms with Crippen LogP contribution < -0.4 is 0 Å². The number of Topliss-reactive ketones (excluding diaryl/α,β-unsaturated/α-hetero) is 2. The highest BCUT2D eigenvalue weighted by Crippen LogP contribution is 2.14. The van der Waals surface area contributed by atoms with Crippen LogP contribution in [0.2, 0.25) is 0 Å². The monoisotopic (exact) mass is 362 g/mol. The zero-order chi connectivity index (χ0) is 20.1. The second kappa shape index (κ2) is 8.25. The molecule has 0 unspecified atom stereocenters. The maximum absolute atomic E-state index is 12.1. The smallest absolute Gasteiger partial charge is 0.314 e. The summed E-state index contributed by atoms with van der Waals surface area (Å²) in [6.07, 6.45) is -0.745. The summed E-state index contributed by atoms with van der Waals surface area (Å²) in [6.45, 7) is 10.3. The molecule has 0 aliphatic carbocycles. The van der Waals surface area contributed by atoms with Crippen molar-refractivity contribution in [2.45, 2.75) is 65.6 Å². The number of ether oxygens (including phenoxy) is 2. The first-order valence-electron chi connectivity index (χ1n) is 8.37. The number of ketones is 2. The van der Waals surface area contributed by atoms with E-state index >= 15 is 0 Å².